The lowest BCUT2D eigenvalue weighted by molar-refractivity contribution is -0.117. The smallest absolute Gasteiger partial charge is 0.241 e. The standard InChI is InChI=1S/C12H17F2N3O/c1-6(2)5-8(15)12(18)17-9-4-3-7(13)10(14)11(9)16/h3-4,6,8H,5,15-16H2,1-2H3,(H,17,18)/t8-/m0/s1. The van der Waals surface area contributed by atoms with Crippen molar-refractivity contribution in [2.75, 3.05) is 11.1 Å². The van der Waals surface area contributed by atoms with Crippen molar-refractivity contribution >= 4 is 17.3 Å². The Morgan fingerprint density at radius 1 is 1.39 bits per heavy atom. The van der Waals surface area contributed by atoms with Crippen LogP contribution in [0.3, 0.4) is 0 Å². The molecular formula is C12H17F2N3O. The van der Waals surface area contributed by atoms with Gasteiger partial charge >= 0.3 is 0 Å². The number of hydrogen-bond donors (Lipinski definition) is 3. The highest BCUT2D eigenvalue weighted by Crippen LogP contribution is 2.24. The Morgan fingerprint density at radius 3 is 2.56 bits per heavy atom. The molecule has 0 saturated heterocycles. The van der Waals surface area contributed by atoms with Gasteiger partial charge in [-0.15, -0.1) is 0 Å². The van der Waals surface area contributed by atoms with Crippen LogP contribution in [0.4, 0.5) is 20.2 Å². The van der Waals surface area contributed by atoms with Crippen molar-refractivity contribution in [3.63, 3.8) is 0 Å². The zero-order valence-electron chi connectivity index (χ0n) is 10.3. The van der Waals surface area contributed by atoms with Crippen LogP contribution in [-0.4, -0.2) is 11.9 Å². The minimum Gasteiger partial charge on any atom is -0.395 e. The highest BCUT2D eigenvalue weighted by Gasteiger charge is 2.18. The number of carbonyl (C=O) groups is 1. The van der Waals surface area contributed by atoms with Gasteiger partial charge in [-0.05, 0) is 24.5 Å². The fraction of sp³-hybridized carbons (Fsp3) is 0.417. The van der Waals surface area contributed by atoms with Gasteiger partial charge < -0.3 is 16.8 Å². The molecule has 0 aliphatic heterocycles. The second kappa shape index (κ2) is 5.77. The van der Waals surface area contributed by atoms with Crippen molar-refractivity contribution in [2.45, 2.75) is 26.3 Å². The van der Waals surface area contributed by atoms with Gasteiger partial charge in [0.2, 0.25) is 5.91 Å². The van der Waals surface area contributed by atoms with Gasteiger partial charge in [0.05, 0.1) is 17.4 Å². The molecular weight excluding hydrogens is 240 g/mol. The summed E-state index contributed by atoms with van der Waals surface area (Å²) >= 11 is 0. The molecule has 0 unspecified atom stereocenters. The van der Waals surface area contributed by atoms with Crippen LogP contribution in [0, 0.1) is 17.6 Å². The van der Waals surface area contributed by atoms with E-state index in [1.54, 1.807) is 0 Å². The number of nitrogens with one attached hydrogen (secondary N) is 1. The van der Waals surface area contributed by atoms with E-state index in [0.717, 1.165) is 6.07 Å². The number of anilines is 2. The quantitative estimate of drug-likeness (QED) is 0.720. The van der Waals surface area contributed by atoms with Crippen LogP contribution in [0.5, 0.6) is 0 Å². The summed E-state index contributed by atoms with van der Waals surface area (Å²) in [6, 6.07) is 1.39. The lowest BCUT2D eigenvalue weighted by Crippen LogP contribution is -2.36. The van der Waals surface area contributed by atoms with E-state index in [-0.39, 0.29) is 11.6 Å². The fourth-order valence-electron chi connectivity index (χ4n) is 1.52. The summed E-state index contributed by atoms with van der Waals surface area (Å²) in [7, 11) is 0. The first-order valence-electron chi connectivity index (χ1n) is 5.62. The molecule has 0 aromatic heterocycles. The van der Waals surface area contributed by atoms with Crippen LogP contribution >= 0.6 is 0 Å². The Balaban J connectivity index is 2.79. The predicted octanol–water partition coefficient (Wildman–Crippen LogP) is 1.86. The number of halogens is 2. The number of nitrogen functional groups attached to an aromatic ring is 1. The van der Waals surface area contributed by atoms with Gasteiger partial charge in [0, 0.05) is 0 Å². The molecule has 1 aromatic carbocycles. The Hall–Kier alpha value is -1.69. The van der Waals surface area contributed by atoms with Gasteiger partial charge in [-0.3, -0.25) is 4.79 Å². The van der Waals surface area contributed by atoms with Gasteiger partial charge in [-0.2, -0.15) is 0 Å². The largest absolute Gasteiger partial charge is 0.395 e. The third-order valence-electron chi connectivity index (χ3n) is 2.45. The molecule has 1 atom stereocenters. The number of benzene rings is 1. The molecule has 4 nitrogen and oxygen atoms in total. The van der Waals surface area contributed by atoms with Crippen LogP contribution in [0.1, 0.15) is 20.3 Å². The molecule has 0 heterocycles. The molecule has 18 heavy (non-hydrogen) atoms. The molecule has 0 radical (unpaired) electrons. The maximum Gasteiger partial charge on any atom is 0.241 e. The monoisotopic (exact) mass is 257 g/mol. The van der Waals surface area contributed by atoms with Gasteiger partial charge in [-0.1, -0.05) is 13.8 Å². The number of nitrogens with two attached hydrogens (primary N) is 2. The third kappa shape index (κ3) is 3.40. The number of amides is 1. The number of carbonyl (C=O) groups excluding carboxylic acids is 1. The van der Waals surface area contributed by atoms with Crippen molar-refractivity contribution in [3.8, 4) is 0 Å². The summed E-state index contributed by atoms with van der Waals surface area (Å²) < 4.78 is 26.0. The van der Waals surface area contributed by atoms with Crippen molar-refractivity contribution in [1.29, 1.82) is 0 Å². The zero-order chi connectivity index (χ0) is 13.9. The Kier molecular flexibility index (Phi) is 4.61. The minimum atomic E-state index is -1.18. The van der Waals surface area contributed by atoms with Gasteiger partial charge in [0.15, 0.2) is 11.6 Å². The van der Waals surface area contributed by atoms with E-state index < -0.39 is 29.3 Å². The van der Waals surface area contributed by atoms with E-state index in [1.807, 2.05) is 13.8 Å². The number of rotatable bonds is 4. The SMILES string of the molecule is CC(C)C[C@H](N)C(=O)Nc1ccc(F)c(F)c1N. The van der Waals surface area contributed by atoms with Crippen molar-refractivity contribution < 1.29 is 13.6 Å². The summed E-state index contributed by atoms with van der Waals surface area (Å²) in [4.78, 5) is 11.7. The molecule has 0 aliphatic rings. The Bertz CT molecular complexity index is 449. The second-order valence-corrected chi connectivity index (χ2v) is 4.55. The molecule has 1 amide bonds. The lowest BCUT2D eigenvalue weighted by Gasteiger charge is -2.15. The minimum absolute atomic E-state index is 0.0260. The zero-order valence-corrected chi connectivity index (χ0v) is 10.3. The van der Waals surface area contributed by atoms with Crippen LogP contribution in [0.2, 0.25) is 0 Å². The van der Waals surface area contributed by atoms with Gasteiger partial charge in [0.1, 0.15) is 0 Å². The average Bonchev–Trinajstić information content (AvgIpc) is 2.29. The van der Waals surface area contributed by atoms with Gasteiger partial charge in [0.25, 0.3) is 0 Å². The Morgan fingerprint density at radius 2 is 2.00 bits per heavy atom. The first-order chi connectivity index (χ1) is 8.32. The highest BCUT2D eigenvalue weighted by atomic mass is 19.2. The molecule has 1 rings (SSSR count). The van der Waals surface area contributed by atoms with E-state index >= 15 is 0 Å². The summed E-state index contributed by atoms with van der Waals surface area (Å²) in [5.74, 6) is -2.45. The van der Waals surface area contributed by atoms with Crippen molar-refractivity contribution in [1.82, 2.24) is 0 Å². The molecule has 0 fully saturated rings. The maximum absolute atomic E-state index is 13.2. The number of hydrogen-bond acceptors (Lipinski definition) is 3. The van der Waals surface area contributed by atoms with Crippen LogP contribution in [0.25, 0.3) is 0 Å². The first kappa shape index (κ1) is 14.4. The summed E-state index contributed by atoms with van der Waals surface area (Å²) in [6.07, 6.45) is 0.495. The lowest BCUT2D eigenvalue weighted by atomic mass is 10.0. The van der Waals surface area contributed by atoms with Gasteiger partial charge in [-0.25, -0.2) is 8.78 Å². The normalized spacial score (nSPS) is 12.6. The average molecular weight is 257 g/mol. The Labute approximate surface area is 104 Å². The van der Waals surface area contributed by atoms with E-state index in [2.05, 4.69) is 5.32 Å². The van der Waals surface area contributed by atoms with Crippen molar-refractivity contribution in [2.24, 2.45) is 11.7 Å². The topological polar surface area (TPSA) is 81.1 Å². The molecule has 5 N–H and O–H groups in total. The van der Waals surface area contributed by atoms with Crippen LogP contribution in [0.15, 0.2) is 12.1 Å². The van der Waals surface area contributed by atoms with E-state index in [9.17, 15) is 13.6 Å². The molecule has 0 aliphatic carbocycles. The van der Waals surface area contributed by atoms with E-state index in [0.29, 0.717) is 6.42 Å². The van der Waals surface area contributed by atoms with Crippen molar-refractivity contribution in [3.05, 3.63) is 23.8 Å². The predicted molar refractivity (Wildman–Crippen MR) is 66.8 cm³/mol. The summed E-state index contributed by atoms with van der Waals surface area (Å²) in [6.45, 7) is 3.86. The molecule has 1 aromatic rings. The fourth-order valence-corrected chi connectivity index (χ4v) is 1.52. The van der Waals surface area contributed by atoms with Crippen LogP contribution < -0.4 is 16.8 Å². The second-order valence-electron chi connectivity index (χ2n) is 4.55. The molecule has 0 bridgehead atoms. The molecule has 6 heteroatoms. The van der Waals surface area contributed by atoms with E-state index in [4.69, 9.17) is 11.5 Å². The highest BCUT2D eigenvalue weighted by molar-refractivity contribution is 5.97. The van der Waals surface area contributed by atoms with E-state index in [1.165, 1.54) is 6.07 Å². The molecule has 0 spiro atoms. The van der Waals surface area contributed by atoms with Crippen LogP contribution in [-0.2, 0) is 4.79 Å². The molecule has 100 valence electrons. The summed E-state index contributed by atoms with van der Waals surface area (Å²) in [5.41, 5.74) is 10.6. The maximum atomic E-state index is 13.2. The molecule has 0 saturated carbocycles. The summed E-state index contributed by atoms with van der Waals surface area (Å²) in [5, 5.41) is 2.39. The first-order valence-corrected chi connectivity index (χ1v) is 5.62. The third-order valence-corrected chi connectivity index (χ3v) is 2.45.